The highest BCUT2D eigenvalue weighted by Gasteiger charge is 2.24. The second-order valence-corrected chi connectivity index (χ2v) is 6.95. The zero-order chi connectivity index (χ0) is 19.3. The molecule has 0 fully saturated rings. The van der Waals surface area contributed by atoms with Crippen LogP contribution in [0, 0.1) is 5.82 Å². The van der Waals surface area contributed by atoms with Gasteiger partial charge in [0.25, 0.3) is 0 Å². The van der Waals surface area contributed by atoms with Crippen LogP contribution >= 0.6 is 0 Å². The monoisotopic (exact) mass is 359 g/mol. The molecule has 0 saturated heterocycles. The molecule has 0 aromatic heterocycles. The number of hydrogen-bond acceptors (Lipinski definition) is 3. The molecule has 1 atom stereocenters. The van der Waals surface area contributed by atoms with E-state index in [2.05, 4.69) is 5.32 Å². The van der Waals surface area contributed by atoms with Crippen LogP contribution in [0.4, 0.5) is 9.18 Å². The molecule has 0 aliphatic rings. The van der Waals surface area contributed by atoms with E-state index in [0.29, 0.717) is 0 Å². The van der Waals surface area contributed by atoms with Gasteiger partial charge in [0.15, 0.2) is 0 Å². The zero-order valence-electron chi connectivity index (χ0n) is 15.0. The number of hydrogen-bond donors (Lipinski definition) is 2. The lowest BCUT2D eigenvalue weighted by Gasteiger charge is -2.22. The van der Waals surface area contributed by atoms with Crippen LogP contribution < -0.4 is 5.32 Å². The van der Waals surface area contributed by atoms with Crippen molar-refractivity contribution in [1.82, 2.24) is 5.32 Å². The second kappa shape index (κ2) is 7.99. The largest absolute Gasteiger partial charge is 0.480 e. The first-order valence-electron chi connectivity index (χ1n) is 8.21. The third kappa shape index (κ3) is 5.88. The normalized spacial score (nSPS) is 12.3. The van der Waals surface area contributed by atoms with Crippen LogP contribution in [0.25, 0.3) is 11.1 Å². The maximum absolute atomic E-state index is 13.1. The number of carboxylic acid groups (broad SMARTS) is 1. The van der Waals surface area contributed by atoms with Crippen molar-refractivity contribution in [3.05, 3.63) is 59.9 Å². The molecule has 5 nitrogen and oxygen atoms in total. The smallest absolute Gasteiger partial charge is 0.408 e. The molecular formula is C20H22FNO4. The van der Waals surface area contributed by atoms with E-state index < -0.39 is 23.7 Å². The van der Waals surface area contributed by atoms with Gasteiger partial charge in [-0.15, -0.1) is 0 Å². The van der Waals surface area contributed by atoms with Gasteiger partial charge in [-0.05, 0) is 49.6 Å². The van der Waals surface area contributed by atoms with Crippen LogP contribution in [0.3, 0.4) is 0 Å². The van der Waals surface area contributed by atoms with E-state index >= 15 is 0 Å². The van der Waals surface area contributed by atoms with Crippen molar-refractivity contribution < 1.29 is 23.8 Å². The van der Waals surface area contributed by atoms with Gasteiger partial charge in [0.1, 0.15) is 17.5 Å². The van der Waals surface area contributed by atoms with Crippen LogP contribution in [-0.4, -0.2) is 28.8 Å². The number of benzene rings is 2. The summed E-state index contributed by atoms with van der Waals surface area (Å²) in [7, 11) is 0. The van der Waals surface area contributed by atoms with Crippen LogP contribution in [0.2, 0.25) is 0 Å². The topological polar surface area (TPSA) is 75.6 Å². The highest BCUT2D eigenvalue weighted by molar-refractivity contribution is 5.80. The molecule has 2 rings (SSSR count). The van der Waals surface area contributed by atoms with Gasteiger partial charge < -0.3 is 15.2 Å². The molecule has 26 heavy (non-hydrogen) atoms. The molecule has 0 bridgehead atoms. The first-order chi connectivity index (χ1) is 12.1. The van der Waals surface area contributed by atoms with Crippen LogP contribution in [-0.2, 0) is 16.0 Å². The number of ether oxygens (including phenoxy) is 1. The number of nitrogens with one attached hydrogen (secondary N) is 1. The van der Waals surface area contributed by atoms with Gasteiger partial charge in [-0.2, -0.15) is 0 Å². The number of carboxylic acids is 1. The minimum Gasteiger partial charge on any atom is -0.480 e. The Morgan fingerprint density at radius 1 is 1.12 bits per heavy atom. The van der Waals surface area contributed by atoms with Gasteiger partial charge >= 0.3 is 12.1 Å². The summed E-state index contributed by atoms with van der Waals surface area (Å²) >= 11 is 0. The van der Waals surface area contributed by atoms with Gasteiger partial charge in [-0.25, -0.2) is 14.0 Å². The fourth-order valence-corrected chi connectivity index (χ4v) is 2.41. The highest BCUT2D eigenvalue weighted by Crippen LogP contribution is 2.21. The van der Waals surface area contributed by atoms with Gasteiger partial charge in [-0.1, -0.05) is 36.4 Å². The molecule has 2 N–H and O–H groups in total. The van der Waals surface area contributed by atoms with Crippen molar-refractivity contribution in [3.63, 3.8) is 0 Å². The molecule has 6 heteroatoms. The molecule has 2 aromatic rings. The number of halogens is 1. The van der Waals surface area contributed by atoms with E-state index in [4.69, 9.17) is 4.74 Å². The Hall–Kier alpha value is -2.89. The average Bonchev–Trinajstić information content (AvgIpc) is 2.53. The number of amides is 1. The van der Waals surface area contributed by atoms with Gasteiger partial charge in [0, 0.05) is 6.42 Å². The van der Waals surface area contributed by atoms with Gasteiger partial charge in [0.05, 0.1) is 0 Å². The minimum atomic E-state index is -1.15. The highest BCUT2D eigenvalue weighted by atomic mass is 19.1. The Balaban J connectivity index is 2.14. The minimum absolute atomic E-state index is 0.101. The van der Waals surface area contributed by atoms with Crippen molar-refractivity contribution in [2.75, 3.05) is 0 Å². The molecule has 0 heterocycles. The Bertz CT molecular complexity index is 781. The molecule has 138 valence electrons. The molecule has 1 amide bonds. The standard InChI is InChI=1S/C20H22FNO4/c1-20(2,3)26-19(25)22-17(18(23)24)12-13-5-4-6-15(11-13)14-7-9-16(21)10-8-14/h4-11,17H,12H2,1-3H3,(H,22,25)(H,23,24)/t17-/m0/s1. The first-order valence-corrected chi connectivity index (χ1v) is 8.21. The lowest BCUT2D eigenvalue weighted by molar-refractivity contribution is -0.139. The molecule has 0 unspecified atom stereocenters. The molecule has 0 aliphatic heterocycles. The van der Waals surface area contributed by atoms with E-state index in [-0.39, 0.29) is 12.2 Å². The zero-order valence-corrected chi connectivity index (χ0v) is 15.0. The average molecular weight is 359 g/mol. The molecule has 0 radical (unpaired) electrons. The second-order valence-electron chi connectivity index (χ2n) is 6.95. The summed E-state index contributed by atoms with van der Waals surface area (Å²) < 4.78 is 18.2. The summed E-state index contributed by atoms with van der Waals surface area (Å²) in [6.45, 7) is 5.11. The Morgan fingerprint density at radius 2 is 1.77 bits per heavy atom. The lowest BCUT2D eigenvalue weighted by atomic mass is 9.99. The van der Waals surface area contributed by atoms with Crippen molar-refractivity contribution in [2.24, 2.45) is 0 Å². The summed E-state index contributed by atoms with van der Waals surface area (Å²) in [6, 6.07) is 12.2. The summed E-state index contributed by atoms with van der Waals surface area (Å²) in [5.41, 5.74) is 1.68. The molecular weight excluding hydrogens is 337 g/mol. The molecule has 0 saturated carbocycles. The Morgan fingerprint density at radius 3 is 2.35 bits per heavy atom. The van der Waals surface area contributed by atoms with E-state index in [1.54, 1.807) is 45.0 Å². The van der Waals surface area contributed by atoms with E-state index in [1.165, 1.54) is 12.1 Å². The predicted octanol–water partition coefficient (Wildman–Crippen LogP) is 4.01. The van der Waals surface area contributed by atoms with Crippen LogP contribution in [0.15, 0.2) is 48.5 Å². The Labute approximate surface area is 151 Å². The van der Waals surface area contributed by atoms with Gasteiger partial charge in [-0.3, -0.25) is 0 Å². The maximum Gasteiger partial charge on any atom is 0.408 e. The number of carbonyl (C=O) groups excluding carboxylic acids is 1. The molecule has 0 spiro atoms. The summed E-state index contributed by atoms with van der Waals surface area (Å²) in [4.78, 5) is 23.3. The Kier molecular flexibility index (Phi) is 5.97. The van der Waals surface area contributed by atoms with Crippen LogP contribution in [0.1, 0.15) is 26.3 Å². The fourth-order valence-electron chi connectivity index (χ4n) is 2.41. The predicted molar refractivity (Wildman–Crippen MR) is 96.3 cm³/mol. The third-order valence-electron chi connectivity index (χ3n) is 3.53. The van der Waals surface area contributed by atoms with E-state index in [9.17, 15) is 19.1 Å². The van der Waals surface area contributed by atoms with Crippen molar-refractivity contribution in [2.45, 2.75) is 38.8 Å². The van der Waals surface area contributed by atoms with Crippen molar-refractivity contribution in [1.29, 1.82) is 0 Å². The van der Waals surface area contributed by atoms with Crippen molar-refractivity contribution in [3.8, 4) is 11.1 Å². The summed E-state index contributed by atoms with van der Waals surface area (Å²) in [6.07, 6.45) is -0.677. The van der Waals surface area contributed by atoms with Crippen LogP contribution in [0.5, 0.6) is 0 Å². The molecule has 2 aromatic carbocycles. The first kappa shape index (κ1) is 19.4. The maximum atomic E-state index is 13.1. The van der Waals surface area contributed by atoms with Crippen molar-refractivity contribution >= 4 is 12.1 Å². The fraction of sp³-hybridized carbons (Fsp3) is 0.300. The summed E-state index contributed by atoms with van der Waals surface area (Å²) in [5, 5.41) is 11.8. The number of carbonyl (C=O) groups is 2. The lowest BCUT2D eigenvalue weighted by Crippen LogP contribution is -2.44. The van der Waals surface area contributed by atoms with Gasteiger partial charge in [0.2, 0.25) is 0 Å². The number of rotatable bonds is 5. The van der Waals surface area contributed by atoms with E-state index in [0.717, 1.165) is 16.7 Å². The number of aliphatic carboxylic acids is 1. The quantitative estimate of drug-likeness (QED) is 0.846. The third-order valence-corrected chi connectivity index (χ3v) is 3.53. The molecule has 0 aliphatic carbocycles. The SMILES string of the molecule is CC(C)(C)OC(=O)N[C@@H](Cc1cccc(-c2ccc(F)cc2)c1)C(=O)O. The van der Waals surface area contributed by atoms with E-state index in [1.807, 2.05) is 12.1 Å². The number of alkyl carbamates (subject to hydrolysis) is 1. The summed E-state index contributed by atoms with van der Waals surface area (Å²) in [5.74, 6) is -1.47.